The topological polar surface area (TPSA) is 69.8 Å². The number of nitrogens with two attached hydrogens (primary N) is 1. The summed E-state index contributed by atoms with van der Waals surface area (Å²) in [6.45, 7) is 0.381. The molecule has 5 heteroatoms. The molecule has 1 aliphatic carbocycles. The molecule has 5 nitrogen and oxygen atoms in total. The number of rotatable bonds is 5. The fourth-order valence-electron chi connectivity index (χ4n) is 2.20. The van der Waals surface area contributed by atoms with Crippen LogP contribution in [0.3, 0.4) is 0 Å². The molecule has 1 saturated carbocycles. The first-order chi connectivity index (χ1) is 9.04. The van der Waals surface area contributed by atoms with Crippen LogP contribution >= 0.6 is 0 Å². The van der Waals surface area contributed by atoms with Gasteiger partial charge in [0.2, 0.25) is 0 Å². The lowest BCUT2D eigenvalue weighted by molar-refractivity contribution is 0.0707. The third-order valence-corrected chi connectivity index (χ3v) is 3.35. The molecule has 0 atom stereocenters. The summed E-state index contributed by atoms with van der Waals surface area (Å²) in [7, 11) is 3.82. The molecule has 1 amide bonds. The zero-order valence-electron chi connectivity index (χ0n) is 11.5. The normalized spacial score (nSPS) is 14.3. The van der Waals surface area contributed by atoms with Crippen molar-refractivity contribution in [2.24, 2.45) is 0 Å². The fourth-order valence-corrected chi connectivity index (χ4v) is 2.20. The molecule has 0 heterocycles. The summed E-state index contributed by atoms with van der Waals surface area (Å²) >= 11 is 0. The summed E-state index contributed by atoms with van der Waals surface area (Å²) in [5, 5.41) is 9.06. The van der Waals surface area contributed by atoms with Crippen molar-refractivity contribution in [1.29, 1.82) is 0 Å². The van der Waals surface area contributed by atoms with Crippen LogP contribution < -0.4 is 10.6 Å². The molecule has 19 heavy (non-hydrogen) atoms. The highest BCUT2D eigenvalue weighted by Gasteiger charge is 2.32. The van der Waals surface area contributed by atoms with Gasteiger partial charge in [0.15, 0.2) is 0 Å². The van der Waals surface area contributed by atoms with Crippen LogP contribution in [0.25, 0.3) is 0 Å². The van der Waals surface area contributed by atoms with E-state index in [1.165, 1.54) is 0 Å². The van der Waals surface area contributed by atoms with Gasteiger partial charge in [-0.15, -0.1) is 0 Å². The number of anilines is 2. The SMILES string of the molecule is CN(C)c1ccc(C(=O)N(CCO)C2CC2)cc1N. The number of carbonyl (C=O) groups is 1. The minimum Gasteiger partial charge on any atom is -0.397 e. The summed E-state index contributed by atoms with van der Waals surface area (Å²) in [5.41, 5.74) is 8.04. The molecule has 0 bridgehead atoms. The monoisotopic (exact) mass is 263 g/mol. The number of hydrogen-bond acceptors (Lipinski definition) is 4. The molecule has 3 N–H and O–H groups in total. The Morgan fingerprint density at radius 1 is 1.42 bits per heavy atom. The Labute approximate surface area is 113 Å². The summed E-state index contributed by atoms with van der Waals surface area (Å²) in [6.07, 6.45) is 2.05. The van der Waals surface area contributed by atoms with Gasteiger partial charge >= 0.3 is 0 Å². The number of nitrogens with zero attached hydrogens (tertiary/aromatic N) is 2. The van der Waals surface area contributed by atoms with E-state index in [1.807, 2.05) is 25.1 Å². The van der Waals surface area contributed by atoms with Gasteiger partial charge in [-0.3, -0.25) is 4.79 Å². The maximum atomic E-state index is 12.4. The van der Waals surface area contributed by atoms with Crippen molar-refractivity contribution in [1.82, 2.24) is 4.90 Å². The van der Waals surface area contributed by atoms with E-state index >= 15 is 0 Å². The Morgan fingerprint density at radius 2 is 2.11 bits per heavy atom. The second kappa shape index (κ2) is 5.48. The highest BCUT2D eigenvalue weighted by atomic mass is 16.3. The van der Waals surface area contributed by atoms with Gasteiger partial charge in [0.05, 0.1) is 18.0 Å². The minimum absolute atomic E-state index is 0.00644. The van der Waals surface area contributed by atoms with Crippen LogP contribution in [0.15, 0.2) is 18.2 Å². The lowest BCUT2D eigenvalue weighted by atomic mass is 10.1. The first-order valence-electron chi connectivity index (χ1n) is 6.53. The van der Waals surface area contributed by atoms with Crippen LogP contribution in [-0.4, -0.2) is 49.2 Å². The van der Waals surface area contributed by atoms with Gasteiger partial charge in [-0.05, 0) is 31.0 Å². The van der Waals surface area contributed by atoms with Crippen molar-refractivity contribution >= 4 is 17.3 Å². The molecule has 1 aromatic carbocycles. The standard InChI is InChI=1S/C14H21N3O2/c1-16(2)13-6-3-10(9-12(13)15)14(19)17(7-8-18)11-4-5-11/h3,6,9,11,18H,4-5,7-8,15H2,1-2H3. The Bertz CT molecular complexity index is 470. The van der Waals surface area contributed by atoms with E-state index < -0.39 is 0 Å². The smallest absolute Gasteiger partial charge is 0.254 e. The maximum absolute atomic E-state index is 12.4. The molecule has 104 valence electrons. The molecular formula is C14H21N3O2. The van der Waals surface area contributed by atoms with Crippen molar-refractivity contribution in [2.75, 3.05) is 37.9 Å². The van der Waals surface area contributed by atoms with Crippen LogP contribution in [0, 0.1) is 0 Å². The zero-order chi connectivity index (χ0) is 14.0. The minimum atomic E-state index is -0.0476. The molecule has 0 radical (unpaired) electrons. The van der Waals surface area contributed by atoms with Gasteiger partial charge in [-0.25, -0.2) is 0 Å². The molecule has 0 spiro atoms. The van der Waals surface area contributed by atoms with E-state index in [1.54, 1.807) is 17.0 Å². The van der Waals surface area contributed by atoms with E-state index in [4.69, 9.17) is 10.8 Å². The fraction of sp³-hybridized carbons (Fsp3) is 0.500. The highest BCUT2D eigenvalue weighted by molar-refractivity contribution is 5.96. The van der Waals surface area contributed by atoms with E-state index in [2.05, 4.69) is 0 Å². The molecule has 0 aromatic heterocycles. The third kappa shape index (κ3) is 2.98. The number of nitrogen functional groups attached to an aromatic ring is 1. The Morgan fingerprint density at radius 3 is 2.58 bits per heavy atom. The highest BCUT2D eigenvalue weighted by Crippen LogP contribution is 2.29. The van der Waals surface area contributed by atoms with Crippen LogP contribution in [0.4, 0.5) is 11.4 Å². The van der Waals surface area contributed by atoms with Crippen LogP contribution in [0.1, 0.15) is 23.2 Å². The summed E-state index contributed by atoms with van der Waals surface area (Å²) in [4.78, 5) is 16.0. The van der Waals surface area contributed by atoms with E-state index in [9.17, 15) is 4.79 Å². The van der Waals surface area contributed by atoms with Gasteiger partial charge in [0.1, 0.15) is 0 Å². The van der Waals surface area contributed by atoms with Crippen LogP contribution in [0.2, 0.25) is 0 Å². The molecule has 1 fully saturated rings. The molecule has 1 aliphatic rings. The van der Waals surface area contributed by atoms with Crippen molar-refractivity contribution in [3.8, 4) is 0 Å². The summed E-state index contributed by atoms with van der Waals surface area (Å²) in [5.74, 6) is -0.0476. The lowest BCUT2D eigenvalue weighted by Gasteiger charge is -2.22. The number of hydrogen-bond donors (Lipinski definition) is 2. The van der Waals surface area contributed by atoms with Crippen molar-refractivity contribution in [3.05, 3.63) is 23.8 Å². The van der Waals surface area contributed by atoms with E-state index in [-0.39, 0.29) is 18.6 Å². The average molecular weight is 263 g/mol. The van der Waals surface area contributed by atoms with E-state index in [0.29, 0.717) is 17.8 Å². The molecule has 2 rings (SSSR count). The quantitative estimate of drug-likeness (QED) is 0.775. The third-order valence-electron chi connectivity index (χ3n) is 3.35. The maximum Gasteiger partial charge on any atom is 0.254 e. The molecule has 0 aliphatic heterocycles. The second-order valence-corrected chi connectivity index (χ2v) is 5.12. The average Bonchev–Trinajstić information content (AvgIpc) is 3.18. The zero-order valence-corrected chi connectivity index (χ0v) is 11.5. The van der Waals surface area contributed by atoms with Crippen molar-refractivity contribution < 1.29 is 9.90 Å². The first-order valence-corrected chi connectivity index (χ1v) is 6.53. The summed E-state index contributed by atoms with van der Waals surface area (Å²) < 4.78 is 0. The lowest BCUT2D eigenvalue weighted by Crippen LogP contribution is -2.35. The van der Waals surface area contributed by atoms with Gasteiger partial charge in [-0.2, -0.15) is 0 Å². The van der Waals surface area contributed by atoms with Gasteiger partial charge in [-0.1, -0.05) is 0 Å². The number of amides is 1. The summed E-state index contributed by atoms with van der Waals surface area (Å²) in [6, 6.07) is 5.65. The Kier molecular flexibility index (Phi) is 3.95. The van der Waals surface area contributed by atoms with Crippen molar-refractivity contribution in [3.63, 3.8) is 0 Å². The predicted molar refractivity (Wildman–Crippen MR) is 76.3 cm³/mol. The Balaban J connectivity index is 2.20. The van der Waals surface area contributed by atoms with Gasteiger partial charge in [0.25, 0.3) is 5.91 Å². The predicted octanol–water partition coefficient (Wildman–Crippen LogP) is 0.932. The number of aliphatic hydroxyl groups excluding tert-OH is 1. The molecule has 0 unspecified atom stereocenters. The Hall–Kier alpha value is -1.75. The van der Waals surface area contributed by atoms with Crippen molar-refractivity contribution in [2.45, 2.75) is 18.9 Å². The second-order valence-electron chi connectivity index (χ2n) is 5.12. The van der Waals surface area contributed by atoms with Gasteiger partial charge in [0, 0.05) is 32.2 Å². The number of aliphatic hydroxyl groups is 1. The van der Waals surface area contributed by atoms with Gasteiger partial charge < -0.3 is 20.6 Å². The molecule has 0 saturated heterocycles. The number of benzene rings is 1. The largest absolute Gasteiger partial charge is 0.397 e. The molecular weight excluding hydrogens is 242 g/mol. The first kappa shape index (κ1) is 13.7. The number of carbonyl (C=O) groups excluding carboxylic acids is 1. The molecule has 1 aromatic rings. The van der Waals surface area contributed by atoms with Crippen LogP contribution in [0.5, 0.6) is 0 Å². The van der Waals surface area contributed by atoms with E-state index in [0.717, 1.165) is 18.5 Å². The van der Waals surface area contributed by atoms with Crippen LogP contribution in [-0.2, 0) is 0 Å².